The average molecular weight is 354 g/mol. The molecule has 3 rings (SSSR count). The predicted molar refractivity (Wildman–Crippen MR) is 93.7 cm³/mol. The second-order valence-electron chi connectivity index (χ2n) is 6.68. The lowest BCUT2D eigenvalue weighted by atomic mass is 9.96. The summed E-state index contributed by atoms with van der Waals surface area (Å²) in [5.41, 5.74) is 0.241. The topological polar surface area (TPSA) is 81.3 Å². The summed E-state index contributed by atoms with van der Waals surface area (Å²) in [6.07, 6.45) is 8.21. The van der Waals surface area contributed by atoms with Crippen molar-refractivity contribution in [3.8, 4) is 0 Å². The molecule has 1 saturated heterocycles. The number of halogens is 1. The van der Waals surface area contributed by atoms with Gasteiger partial charge in [0.15, 0.2) is 0 Å². The second kappa shape index (κ2) is 7.42. The third kappa shape index (κ3) is 3.66. The number of anilines is 1. The fourth-order valence-electron chi connectivity index (χ4n) is 3.56. The van der Waals surface area contributed by atoms with Gasteiger partial charge < -0.3 is 15.1 Å². The van der Waals surface area contributed by atoms with E-state index in [1.165, 1.54) is 19.3 Å². The molecule has 0 radical (unpaired) electrons. The minimum atomic E-state index is -0.388. The Morgan fingerprint density at radius 2 is 2.12 bits per heavy atom. The average Bonchev–Trinajstić information content (AvgIpc) is 3.07. The van der Waals surface area contributed by atoms with Gasteiger partial charge in [0, 0.05) is 26.2 Å². The van der Waals surface area contributed by atoms with Crippen molar-refractivity contribution in [2.45, 2.75) is 50.6 Å². The molecule has 1 aromatic heterocycles. The molecule has 1 aromatic rings. The zero-order valence-electron chi connectivity index (χ0n) is 13.9. The Hall–Kier alpha value is -1.76. The van der Waals surface area contributed by atoms with Crippen LogP contribution in [0, 0.1) is 0 Å². The molecule has 1 aliphatic heterocycles. The molecule has 7 nitrogen and oxygen atoms in total. The molecule has 132 valence electrons. The van der Waals surface area contributed by atoms with Gasteiger partial charge >= 0.3 is 6.03 Å². The number of likely N-dealkylation sites (N-methyl/N-ethyl adjacent to an activating group) is 1. The molecule has 2 N–H and O–H groups in total. The highest BCUT2D eigenvalue weighted by Gasteiger charge is 2.30. The lowest BCUT2D eigenvalue weighted by Gasteiger charge is -2.29. The van der Waals surface area contributed by atoms with E-state index in [2.05, 4.69) is 15.5 Å². The molecule has 2 heterocycles. The van der Waals surface area contributed by atoms with Gasteiger partial charge in [-0.1, -0.05) is 30.9 Å². The van der Waals surface area contributed by atoms with Crippen LogP contribution in [0.5, 0.6) is 0 Å². The van der Waals surface area contributed by atoms with E-state index in [0.29, 0.717) is 18.3 Å². The fourth-order valence-corrected chi connectivity index (χ4v) is 3.77. The van der Waals surface area contributed by atoms with E-state index in [4.69, 9.17) is 11.6 Å². The van der Waals surface area contributed by atoms with Crippen LogP contribution in [0.1, 0.15) is 38.5 Å². The first-order valence-electron chi connectivity index (χ1n) is 8.57. The molecule has 0 aromatic carbocycles. The third-order valence-corrected chi connectivity index (χ3v) is 5.45. The number of carbonyl (C=O) groups excluding carboxylic acids is 1. The number of H-pyrrole nitrogens is 1. The molecule has 2 fully saturated rings. The number of amides is 2. The van der Waals surface area contributed by atoms with Crippen molar-refractivity contribution in [1.29, 1.82) is 0 Å². The van der Waals surface area contributed by atoms with Gasteiger partial charge in [-0.2, -0.15) is 5.10 Å². The van der Waals surface area contributed by atoms with Crippen molar-refractivity contribution in [3.63, 3.8) is 0 Å². The smallest absolute Gasteiger partial charge is 0.317 e. The maximum Gasteiger partial charge on any atom is 0.317 e. The monoisotopic (exact) mass is 353 g/mol. The van der Waals surface area contributed by atoms with Gasteiger partial charge in [-0.05, 0) is 19.3 Å². The first kappa shape index (κ1) is 17.1. The van der Waals surface area contributed by atoms with Crippen LogP contribution in [-0.2, 0) is 0 Å². The molecule has 0 bridgehead atoms. The minimum Gasteiger partial charge on any atom is -0.367 e. The van der Waals surface area contributed by atoms with E-state index in [1.54, 1.807) is 11.1 Å². The predicted octanol–water partition coefficient (Wildman–Crippen LogP) is 1.98. The largest absolute Gasteiger partial charge is 0.367 e. The fraction of sp³-hybridized carbons (Fsp3) is 0.688. The van der Waals surface area contributed by atoms with Gasteiger partial charge in [-0.3, -0.25) is 4.79 Å². The highest BCUT2D eigenvalue weighted by Crippen LogP contribution is 2.26. The molecule has 0 spiro atoms. The van der Waals surface area contributed by atoms with E-state index in [1.807, 2.05) is 11.9 Å². The Labute approximate surface area is 146 Å². The first-order chi connectivity index (χ1) is 11.6. The molecule has 24 heavy (non-hydrogen) atoms. The van der Waals surface area contributed by atoms with E-state index in [9.17, 15) is 9.59 Å². The van der Waals surface area contributed by atoms with E-state index in [0.717, 1.165) is 25.8 Å². The Kier molecular flexibility index (Phi) is 5.28. The Morgan fingerprint density at radius 3 is 2.88 bits per heavy atom. The lowest BCUT2D eigenvalue weighted by Crippen LogP contribution is -2.48. The number of aromatic amines is 1. The molecular weight excluding hydrogens is 330 g/mol. The van der Waals surface area contributed by atoms with Crippen LogP contribution in [0.3, 0.4) is 0 Å². The molecule has 1 atom stereocenters. The van der Waals surface area contributed by atoms with Crippen LogP contribution in [0.2, 0.25) is 5.02 Å². The van der Waals surface area contributed by atoms with Gasteiger partial charge in [0.25, 0.3) is 5.56 Å². The zero-order chi connectivity index (χ0) is 17.1. The number of hydrogen-bond acceptors (Lipinski definition) is 4. The molecule has 2 amide bonds. The van der Waals surface area contributed by atoms with Crippen molar-refractivity contribution in [2.24, 2.45) is 0 Å². The summed E-state index contributed by atoms with van der Waals surface area (Å²) < 4.78 is 0. The summed E-state index contributed by atoms with van der Waals surface area (Å²) in [7, 11) is 1.84. The van der Waals surface area contributed by atoms with Crippen molar-refractivity contribution in [1.82, 2.24) is 20.4 Å². The van der Waals surface area contributed by atoms with Crippen LogP contribution in [-0.4, -0.2) is 53.3 Å². The van der Waals surface area contributed by atoms with Crippen molar-refractivity contribution in [2.75, 3.05) is 25.0 Å². The second-order valence-corrected chi connectivity index (χ2v) is 7.06. The van der Waals surface area contributed by atoms with Crippen LogP contribution < -0.4 is 15.8 Å². The number of nitrogens with zero attached hydrogens (tertiary/aromatic N) is 3. The minimum absolute atomic E-state index is 0.0103. The summed E-state index contributed by atoms with van der Waals surface area (Å²) in [6, 6.07) is 0.394. The SMILES string of the molecule is CN(C(=O)NC1CCCCC1)C1CCN(c2cn[nH]c(=O)c2Cl)C1. The number of hydrogen-bond donors (Lipinski definition) is 2. The van der Waals surface area contributed by atoms with Crippen LogP contribution in [0.15, 0.2) is 11.0 Å². The normalized spacial score (nSPS) is 21.8. The number of nitrogens with one attached hydrogen (secondary N) is 2. The summed E-state index contributed by atoms with van der Waals surface area (Å²) in [5.74, 6) is 0. The molecular formula is C16H24ClN5O2. The zero-order valence-corrected chi connectivity index (χ0v) is 14.7. The summed E-state index contributed by atoms with van der Waals surface area (Å²) >= 11 is 6.07. The van der Waals surface area contributed by atoms with Crippen molar-refractivity contribution >= 4 is 23.3 Å². The van der Waals surface area contributed by atoms with Crippen LogP contribution in [0.4, 0.5) is 10.5 Å². The highest BCUT2D eigenvalue weighted by molar-refractivity contribution is 6.33. The Morgan fingerprint density at radius 1 is 1.38 bits per heavy atom. The number of aromatic nitrogens is 2. The first-order valence-corrected chi connectivity index (χ1v) is 8.95. The standard InChI is InChI=1S/C16H24ClN5O2/c1-21(16(24)19-11-5-3-2-4-6-11)12-7-8-22(10-12)13-9-18-20-15(23)14(13)17/h9,11-12H,2-8,10H2,1H3,(H,19,24)(H,20,23). The van der Waals surface area contributed by atoms with Crippen LogP contribution >= 0.6 is 11.6 Å². The number of urea groups is 1. The maximum atomic E-state index is 12.5. The summed E-state index contributed by atoms with van der Waals surface area (Å²) in [5, 5.41) is 9.44. The Bertz CT molecular complexity index is 644. The van der Waals surface area contributed by atoms with E-state index in [-0.39, 0.29) is 22.7 Å². The van der Waals surface area contributed by atoms with E-state index < -0.39 is 0 Å². The highest BCUT2D eigenvalue weighted by atomic mass is 35.5. The number of carbonyl (C=O) groups is 1. The van der Waals surface area contributed by atoms with Gasteiger partial charge in [0.05, 0.1) is 17.9 Å². The molecule has 1 aliphatic carbocycles. The maximum absolute atomic E-state index is 12.5. The van der Waals surface area contributed by atoms with Gasteiger partial charge in [0.1, 0.15) is 5.02 Å². The number of rotatable bonds is 3. The van der Waals surface area contributed by atoms with Gasteiger partial charge in [0.2, 0.25) is 0 Å². The quantitative estimate of drug-likeness (QED) is 0.870. The molecule has 2 aliphatic rings. The molecule has 1 saturated carbocycles. The van der Waals surface area contributed by atoms with Crippen molar-refractivity contribution < 1.29 is 4.79 Å². The Balaban J connectivity index is 1.59. The molecule has 8 heteroatoms. The van der Waals surface area contributed by atoms with Crippen LogP contribution in [0.25, 0.3) is 0 Å². The van der Waals surface area contributed by atoms with Crippen molar-refractivity contribution in [3.05, 3.63) is 21.6 Å². The summed E-state index contributed by atoms with van der Waals surface area (Å²) in [4.78, 5) is 27.9. The lowest BCUT2D eigenvalue weighted by molar-refractivity contribution is 0.186. The van der Waals surface area contributed by atoms with Gasteiger partial charge in [-0.15, -0.1) is 0 Å². The third-order valence-electron chi connectivity index (χ3n) is 5.08. The summed E-state index contributed by atoms with van der Waals surface area (Å²) in [6.45, 7) is 1.40. The molecule has 1 unspecified atom stereocenters. The van der Waals surface area contributed by atoms with E-state index >= 15 is 0 Å². The van der Waals surface area contributed by atoms with Gasteiger partial charge in [-0.25, -0.2) is 9.89 Å².